The van der Waals surface area contributed by atoms with E-state index in [-0.39, 0.29) is 22.4 Å². The second-order valence-corrected chi connectivity index (χ2v) is 7.60. The minimum Gasteiger partial charge on any atom is -0.346 e. The van der Waals surface area contributed by atoms with Gasteiger partial charge in [-0.25, -0.2) is 0 Å². The van der Waals surface area contributed by atoms with Gasteiger partial charge in [-0.15, -0.1) is 0 Å². The van der Waals surface area contributed by atoms with Crippen molar-refractivity contribution < 1.29 is 9.59 Å². The summed E-state index contributed by atoms with van der Waals surface area (Å²) in [4.78, 5) is 23.2. The number of amides is 2. The van der Waals surface area contributed by atoms with Crippen LogP contribution in [0.3, 0.4) is 0 Å². The van der Waals surface area contributed by atoms with Crippen LogP contribution in [0.1, 0.15) is 17.2 Å². The number of carbonyl (C=O) groups excluding carboxylic acids is 2. The molecule has 1 aromatic heterocycles. The SMILES string of the molecule is NC(Cn1ccc2c(CC3SC(=O)NC3=O)cccc21)c1ccccc1. The summed E-state index contributed by atoms with van der Waals surface area (Å²) in [5.41, 5.74) is 9.62. The minimum atomic E-state index is -0.358. The molecule has 2 aromatic carbocycles. The van der Waals surface area contributed by atoms with Gasteiger partial charge in [0.25, 0.3) is 5.24 Å². The Hall–Kier alpha value is -2.57. The van der Waals surface area contributed by atoms with Crippen molar-refractivity contribution in [3.63, 3.8) is 0 Å². The summed E-state index contributed by atoms with van der Waals surface area (Å²) in [6, 6.07) is 18.1. The summed E-state index contributed by atoms with van der Waals surface area (Å²) in [6.45, 7) is 0.675. The molecule has 2 unspecified atom stereocenters. The lowest BCUT2D eigenvalue weighted by molar-refractivity contribution is -0.118. The molecule has 1 saturated heterocycles. The van der Waals surface area contributed by atoms with Gasteiger partial charge in [-0.2, -0.15) is 0 Å². The molecule has 1 aliphatic heterocycles. The van der Waals surface area contributed by atoms with Gasteiger partial charge in [-0.3, -0.25) is 14.9 Å². The Bertz CT molecular complexity index is 968. The number of thioether (sulfide) groups is 1. The molecule has 26 heavy (non-hydrogen) atoms. The van der Waals surface area contributed by atoms with E-state index < -0.39 is 0 Å². The van der Waals surface area contributed by atoms with Gasteiger partial charge in [0.2, 0.25) is 5.91 Å². The molecule has 6 heteroatoms. The molecule has 2 amide bonds. The smallest absolute Gasteiger partial charge is 0.286 e. The molecule has 132 valence electrons. The molecule has 5 nitrogen and oxygen atoms in total. The Morgan fingerprint density at radius 2 is 1.88 bits per heavy atom. The highest BCUT2D eigenvalue weighted by molar-refractivity contribution is 8.15. The number of nitrogens with one attached hydrogen (secondary N) is 1. The third-order valence-corrected chi connectivity index (χ3v) is 5.68. The first-order chi connectivity index (χ1) is 12.6. The zero-order chi connectivity index (χ0) is 18.1. The maximum Gasteiger partial charge on any atom is 0.286 e. The van der Waals surface area contributed by atoms with Crippen LogP contribution >= 0.6 is 11.8 Å². The van der Waals surface area contributed by atoms with Crippen molar-refractivity contribution in [2.45, 2.75) is 24.3 Å². The highest BCUT2D eigenvalue weighted by Gasteiger charge is 2.31. The zero-order valence-electron chi connectivity index (χ0n) is 14.1. The van der Waals surface area contributed by atoms with Crippen molar-refractivity contribution in [2.24, 2.45) is 5.73 Å². The molecule has 0 saturated carbocycles. The number of carbonyl (C=O) groups is 2. The molecule has 1 aliphatic rings. The van der Waals surface area contributed by atoms with E-state index >= 15 is 0 Å². The molecule has 0 aliphatic carbocycles. The fourth-order valence-electron chi connectivity index (χ4n) is 3.37. The molecule has 3 N–H and O–H groups in total. The van der Waals surface area contributed by atoms with E-state index in [9.17, 15) is 9.59 Å². The van der Waals surface area contributed by atoms with E-state index in [4.69, 9.17) is 5.73 Å². The number of benzene rings is 2. The number of hydrogen-bond acceptors (Lipinski definition) is 4. The molecule has 3 aromatic rings. The highest BCUT2D eigenvalue weighted by atomic mass is 32.2. The zero-order valence-corrected chi connectivity index (χ0v) is 14.9. The average molecular weight is 365 g/mol. The van der Waals surface area contributed by atoms with Crippen molar-refractivity contribution >= 4 is 33.8 Å². The fourth-order valence-corrected chi connectivity index (χ4v) is 4.22. The molecule has 0 spiro atoms. The largest absolute Gasteiger partial charge is 0.346 e. The van der Waals surface area contributed by atoms with E-state index in [0.717, 1.165) is 33.8 Å². The van der Waals surface area contributed by atoms with Crippen LogP contribution in [0.5, 0.6) is 0 Å². The van der Waals surface area contributed by atoms with Gasteiger partial charge in [0, 0.05) is 29.7 Å². The third kappa shape index (κ3) is 3.25. The van der Waals surface area contributed by atoms with Crippen LogP contribution in [0.25, 0.3) is 10.9 Å². The van der Waals surface area contributed by atoms with Crippen LogP contribution < -0.4 is 11.1 Å². The van der Waals surface area contributed by atoms with E-state index in [1.54, 1.807) is 0 Å². The van der Waals surface area contributed by atoms with Gasteiger partial charge in [-0.1, -0.05) is 54.2 Å². The first-order valence-corrected chi connectivity index (χ1v) is 9.38. The van der Waals surface area contributed by atoms with Crippen molar-refractivity contribution in [3.8, 4) is 0 Å². The van der Waals surface area contributed by atoms with Gasteiger partial charge in [0.05, 0.1) is 5.25 Å². The van der Waals surface area contributed by atoms with Crippen molar-refractivity contribution in [3.05, 3.63) is 71.9 Å². The molecule has 2 heterocycles. The number of imide groups is 1. The number of fused-ring (bicyclic) bond motifs is 1. The van der Waals surface area contributed by atoms with Crippen LogP contribution in [0, 0.1) is 0 Å². The van der Waals surface area contributed by atoms with E-state index in [2.05, 4.69) is 22.0 Å². The Balaban J connectivity index is 1.59. The summed E-state index contributed by atoms with van der Waals surface area (Å²) in [6.07, 6.45) is 2.57. The average Bonchev–Trinajstić information content (AvgIpc) is 3.19. The fraction of sp³-hybridized carbons (Fsp3) is 0.200. The molecule has 4 rings (SSSR count). The monoisotopic (exact) mass is 365 g/mol. The predicted molar refractivity (Wildman–Crippen MR) is 104 cm³/mol. The summed E-state index contributed by atoms with van der Waals surface area (Å²) in [5, 5.41) is 2.82. The maximum atomic E-state index is 11.9. The van der Waals surface area contributed by atoms with Crippen LogP contribution in [0.4, 0.5) is 4.79 Å². The minimum absolute atomic E-state index is 0.0933. The van der Waals surface area contributed by atoms with E-state index in [0.29, 0.717) is 13.0 Å². The lowest BCUT2D eigenvalue weighted by atomic mass is 10.0. The maximum absolute atomic E-state index is 11.9. The second-order valence-electron chi connectivity index (χ2n) is 6.42. The van der Waals surface area contributed by atoms with Gasteiger partial charge in [0.1, 0.15) is 0 Å². The van der Waals surface area contributed by atoms with Crippen LogP contribution in [-0.4, -0.2) is 21.0 Å². The summed E-state index contributed by atoms with van der Waals surface area (Å²) in [5.74, 6) is -0.206. The van der Waals surface area contributed by atoms with Gasteiger partial charge in [0.15, 0.2) is 0 Å². The van der Waals surface area contributed by atoms with Crippen molar-refractivity contribution in [2.75, 3.05) is 0 Å². The number of aromatic nitrogens is 1. The first-order valence-electron chi connectivity index (χ1n) is 8.50. The van der Waals surface area contributed by atoms with E-state index in [1.165, 1.54) is 0 Å². The van der Waals surface area contributed by atoms with Gasteiger partial charge >= 0.3 is 0 Å². The first kappa shape index (κ1) is 16.9. The molecule has 0 bridgehead atoms. The van der Waals surface area contributed by atoms with Crippen LogP contribution in [-0.2, 0) is 17.8 Å². The van der Waals surface area contributed by atoms with Gasteiger partial charge in [-0.05, 0) is 29.7 Å². The van der Waals surface area contributed by atoms with Crippen LogP contribution in [0.2, 0.25) is 0 Å². The Labute approximate surface area is 155 Å². The lowest BCUT2D eigenvalue weighted by Gasteiger charge is -2.14. The molecule has 1 fully saturated rings. The second kappa shape index (κ2) is 6.97. The Kier molecular flexibility index (Phi) is 4.53. The topological polar surface area (TPSA) is 77.1 Å². The molecule has 2 atom stereocenters. The number of nitrogens with two attached hydrogens (primary N) is 1. The molecular weight excluding hydrogens is 346 g/mol. The normalized spacial score (nSPS) is 18.3. The van der Waals surface area contributed by atoms with E-state index in [1.807, 2.05) is 48.7 Å². The number of hydrogen-bond donors (Lipinski definition) is 2. The van der Waals surface area contributed by atoms with Crippen LogP contribution in [0.15, 0.2) is 60.8 Å². The molecule has 0 radical (unpaired) electrons. The van der Waals surface area contributed by atoms with Crippen molar-refractivity contribution in [1.82, 2.24) is 9.88 Å². The Morgan fingerprint density at radius 3 is 2.62 bits per heavy atom. The van der Waals surface area contributed by atoms with Crippen molar-refractivity contribution in [1.29, 1.82) is 0 Å². The summed E-state index contributed by atoms with van der Waals surface area (Å²) >= 11 is 1.07. The predicted octanol–water partition coefficient (Wildman–Crippen LogP) is 3.24. The quantitative estimate of drug-likeness (QED) is 0.728. The molecular formula is C20H19N3O2S. The lowest BCUT2D eigenvalue weighted by Crippen LogP contribution is -2.25. The number of rotatable bonds is 5. The Morgan fingerprint density at radius 1 is 1.08 bits per heavy atom. The number of nitrogens with zero attached hydrogens (tertiary/aromatic N) is 1. The summed E-state index contributed by atoms with van der Waals surface area (Å²) in [7, 11) is 0. The third-order valence-electron chi connectivity index (χ3n) is 4.70. The standard InChI is InChI=1S/C20H19N3O2S/c21-16(13-5-2-1-3-6-13)12-23-10-9-15-14(7-4-8-17(15)23)11-18-19(24)22-20(25)26-18/h1-10,16,18H,11-12,21H2,(H,22,24,25). The highest BCUT2D eigenvalue weighted by Crippen LogP contribution is 2.28. The van der Waals surface area contributed by atoms with Gasteiger partial charge < -0.3 is 10.3 Å². The summed E-state index contributed by atoms with van der Waals surface area (Å²) < 4.78 is 2.14.